The number of carbonyl (C=O) groups is 1. The summed E-state index contributed by atoms with van der Waals surface area (Å²) in [5.74, 6) is -0.870. The number of carboxylic acids is 1. The number of nitrogens with zero attached hydrogens (tertiary/aromatic N) is 3. The van der Waals surface area contributed by atoms with Gasteiger partial charge in [-0.25, -0.2) is 9.48 Å². The van der Waals surface area contributed by atoms with Gasteiger partial charge in [0.05, 0.1) is 17.6 Å². The lowest BCUT2D eigenvalue weighted by molar-refractivity contribution is 0.0695. The molecule has 0 aromatic carbocycles. The van der Waals surface area contributed by atoms with Crippen LogP contribution in [-0.2, 0) is 0 Å². The molecule has 0 saturated heterocycles. The highest BCUT2D eigenvalue weighted by Crippen LogP contribution is 2.22. The van der Waals surface area contributed by atoms with Crippen molar-refractivity contribution >= 4 is 5.97 Å². The van der Waals surface area contributed by atoms with E-state index in [4.69, 9.17) is 5.11 Å². The molecule has 5 heteroatoms. The Kier molecular flexibility index (Phi) is 2.91. The molecule has 0 amide bonds. The SMILES string of the molecule is CC(C)c1c(C(=O)O)cnn1-c1ccncc1. The Morgan fingerprint density at radius 1 is 1.35 bits per heavy atom. The third-order valence-corrected chi connectivity index (χ3v) is 2.49. The highest BCUT2D eigenvalue weighted by atomic mass is 16.4. The van der Waals surface area contributed by atoms with Gasteiger partial charge in [0.2, 0.25) is 0 Å². The summed E-state index contributed by atoms with van der Waals surface area (Å²) in [5.41, 5.74) is 1.76. The molecule has 0 aliphatic heterocycles. The van der Waals surface area contributed by atoms with Crippen molar-refractivity contribution in [2.24, 2.45) is 0 Å². The summed E-state index contributed by atoms with van der Waals surface area (Å²) in [6.45, 7) is 3.89. The van der Waals surface area contributed by atoms with Crippen LogP contribution in [0.15, 0.2) is 30.7 Å². The number of hydrogen-bond acceptors (Lipinski definition) is 3. The van der Waals surface area contributed by atoms with E-state index in [1.807, 2.05) is 13.8 Å². The zero-order valence-corrected chi connectivity index (χ0v) is 9.66. The average Bonchev–Trinajstić information content (AvgIpc) is 2.74. The number of pyridine rings is 1. The molecule has 88 valence electrons. The zero-order valence-electron chi connectivity index (χ0n) is 9.66. The molecule has 1 N–H and O–H groups in total. The van der Waals surface area contributed by atoms with E-state index >= 15 is 0 Å². The highest BCUT2D eigenvalue weighted by Gasteiger charge is 2.19. The molecule has 2 aromatic heterocycles. The maximum Gasteiger partial charge on any atom is 0.339 e. The summed E-state index contributed by atoms with van der Waals surface area (Å²) in [6, 6.07) is 3.59. The van der Waals surface area contributed by atoms with E-state index in [0.717, 1.165) is 5.69 Å². The Bertz CT molecular complexity index is 532. The van der Waals surface area contributed by atoms with Gasteiger partial charge in [-0.2, -0.15) is 5.10 Å². The maximum atomic E-state index is 11.1. The van der Waals surface area contributed by atoms with Gasteiger partial charge in [0.15, 0.2) is 0 Å². The Morgan fingerprint density at radius 2 is 2.00 bits per heavy atom. The largest absolute Gasteiger partial charge is 0.478 e. The van der Waals surface area contributed by atoms with Gasteiger partial charge in [-0.15, -0.1) is 0 Å². The molecular formula is C12H13N3O2. The van der Waals surface area contributed by atoms with Crippen molar-refractivity contribution in [1.29, 1.82) is 0 Å². The molecule has 17 heavy (non-hydrogen) atoms. The van der Waals surface area contributed by atoms with Crippen molar-refractivity contribution in [2.45, 2.75) is 19.8 Å². The first-order chi connectivity index (χ1) is 8.11. The molecule has 0 saturated carbocycles. The van der Waals surface area contributed by atoms with Gasteiger partial charge in [0.25, 0.3) is 0 Å². The lowest BCUT2D eigenvalue weighted by atomic mass is 10.1. The van der Waals surface area contributed by atoms with Crippen LogP contribution < -0.4 is 0 Å². The topological polar surface area (TPSA) is 68.0 Å². The minimum absolute atomic E-state index is 0.0803. The fraction of sp³-hybridized carbons (Fsp3) is 0.250. The fourth-order valence-electron chi connectivity index (χ4n) is 1.77. The Balaban J connectivity index is 2.60. The highest BCUT2D eigenvalue weighted by molar-refractivity contribution is 5.89. The number of carboxylic acid groups (broad SMARTS) is 1. The van der Waals surface area contributed by atoms with E-state index in [1.165, 1.54) is 6.20 Å². The molecule has 0 spiro atoms. The monoisotopic (exact) mass is 231 g/mol. The molecule has 5 nitrogen and oxygen atoms in total. The second-order valence-electron chi connectivity index (χ2n) is 4.02. The van der Waals surface area contributed by atoms with Crippen LogP contribution in [0.1, 0.15) is 35.8 Å². The van der Waals surface area contributed by atoms with E-state index in [0.29, 0.717) is 5.69 Å². The number of rotatable bonds is 3. The summed E-state index contributed by atoms with van der Waals surface area (Å²) in [4.78, 5) is 15.0. The van der Waals surface area contributed by atoms with Crippen LogP contribution in [0, 0.1) is 0 Å². The molecule has 0 atom stereocenters. The van der Waals surface area contributed by atoms with E-state index in [-0.39, 0.29) is 11.5 Å². The molecule has 0 fully saturated rings. The van der Waals surface area contributed by atoms with Crippen molar-refractivity contribution in [3.63, 3.8) is 0 Å². The molecule has 0 unspecified atom stereocenters. The number of aromatic nitrogens is 3. The first kappa shape index (κ1) is 11.3. The standard InChI is InChI=1S/C12H13N3O2/c1-8(2)11-10(12(16)17)7-14-15(11)9-3-5-13-6-4-9/h3-8H,1-2H3,(H,16,17). The predicted octanol–water partition coefficient (Wildman–Crippen LogP) is 2.09. The van der Waals surface area contributed by atoms with Crippen molar-refractivity contribution in [2.75, 3.05) is 0 Å². The average molecular weight is 231 g/mol. The molecule has 2 aromatic rings. The van der Waals surface area contributed by atoms with Crippen LogP contribution in [0.4, 0.5) is 0 Å². The van der Waals surface area contributed by atoms with Crippen LogP contribution >= 0.6 is 0 Å². The Hall–Kier alpha value is -2.17. The van der Waals surface area contributed by atoms with Crippen molar-refractivity contribution in [3.05, 3.63) is 42.0 Å². The van der Waals surface area contributed by atoms with Crippen LogP contribution in [-0.4, -0.2) is 25.8 Å². The lowest BCUT2D eigenvalue weighted by Crippen LogP contribution is -2.08. The molecule has 0 aliphatic carbocycles. The van der Waals surface area contributed by atoms with Gasteiger partial charge < -0.3 is 5.11 Å². The zero-order chi connectivity index (χ0) is 12.4. The summed E-state index contributed by atoms with van der Waals surface area (Å²) >= 11 is 0. The van der Waals surface area contributed by atoms with Crippen LogP contribution in [0.5, 0.6) is 0 Å². The van der Waals surface area contributed by atoms with Crippen LogP contribution in [0.3, 0.4) is 0 Å². The van der Waals surface area contributed by atoms with E-state index in [1.54, 1.807) is 29.2 Å². The smallest absolute Gasteiger partial charge is 0.339 e. The van der Waals surface area contributed by atoms with Gasteiger partial charge >= 0.3 is 5.97 Å². The molecule has 0 aliphatic rings. The minimum atomic E-state index is -0.950. The number of aromatic carboxylic acids is 1. The Morgan fingerprint density at radius 3 is 2.53 bits per heavy atom. The van der Waals surface area contributed by atoms with Crippen LogP contribution in [0.25, 0.3) is 5.69 Å². The molecule has 0 bridgehead atoms. The lowest BCUT2D eigenvalue weighted by Gasteiger charge is -2.10. The summed E-state index contributed by atoms with van der Waals surface area (Å²) in [5, 5.41) is 13.2. The van der Waals surface area contributed by atoms with Gasteiger partial charge in [0, 0.05) is 12.4 Å². The van der Waals surface area contributed by atoms with Crippen molar-refractivity contribution < 1.29 is 9.90 Å². The summed E-state index contributed by atoms with van der Waals surface area (Å²) in [7, 11) is 0. The third-order valence-electron chi connectivity index (χ3n) is 2.49. The van der Waals surface area contributed by atoms with E-state index < -0.39 is 5.97 Å². The maximum absolute atomic E-state index is 11.1. The quantitative estimate of drug-likeness (QED) is 0.878. The van der Waals surface area contributed by atoms with E-state index in [9.17, 15) is 4.79 Å². The minimum Gasteiger partial charge on any atom is -0.478 e. The van der Waals surface area contributed by atoms with Crippen molar-refractivity contribution in [3.8, 4) is 5.69 Å². The van der Waals surface area contributed by atoms with Gasteiger partial charge in [-0.3, -0.25) is 4.98 Å². The predicted molar refractivity (Wildman–Crippen MR) is 62.4 cm³/mol. The second kappa shape index (κ2) is 4.37. The van der Waals surface area contributed by atoms with E-state index in [2.05, 4.69) is 10.1 Å². The normalized spacial score (nSPS) is 10.8. The summed E-state index contributed by atoms with van der Waals surface area (Å²) in [6.07, 6.45) is 4.70. The molecule has 2 heterocycles. The first-order valence-corrected chi connectivity index (χ1v) is 5.33. The molecule has 2 rings (SSSR count). The third kappa shape index (κ3) is 2.04. The first-order valence-electron chi connectivity index (χ1n) is 5.33. The van der Waals surface area contributed by atoms with Crippen molar-refractivity contribution in [1.82, 2.24) is 14.8 Å². The summed E-state index contributed by atoms with van der Waals surface area (Å²) < 4.78 is 1.65. The fourth-order valence-corrected chi connectivity index (χ4v) is 1.77. The van der Waals surface area contributed by atoms with Gasteiger partial charge in [-0.05, 0) is 18.1 Å². The number of hydrogen-bond donors (Lipinski definition) is 1. The second-order valence-corrected chi connectivity index (χ2v) is 4.02. The van der Waals surface area contributed by atoms with Gasteiger partial charge in [0.1, 0.15) is 5.56 Å². The van der Waals surface area contributed by atoms with Crippen LogP contribution in [0.2, 0.25) is 0 Å². The van der Waals surface area contributed by atoms with Gasteiger partial charge in [-0.1, -0.05) is 13.8 Å². The Labute approximate surface area is 98.7 Å². The molecular weight excluding hydrogens is 218 g/mol. The molecule has 0 radical (unpaired) electrons.